The molecule has 0 aromatic heterocycles. The highest BCUT2D eigenvalue weighted by molar-refractivity contribution is 6.00. The summed E-state index contributed by atoms with van der Waals surface area (Å²) >= 11 is 0. The number of nitrogens with zero attached hydrogens (tertiary/aromatic N) is 1. The molecule has 4 nitrogen and oxygen atoms in total. The topological polar surface area (TPSA) is 42.7 Å². The highest BCUT2D eigenvalue weighted by Crippen LogP contribution is 2.24. The molecule has 0 heterocycles. The van der Waals surface area contributed by atoms with Crippen LogP contribution >= 0.6 is 0 Å². The number of methoxy groups -OCH3 is 1. The summed E-state index contributed by atoms with van der Waals surface area (Å²) in [7, 11) is 1.53. The van der Waals surface area contributed by atoms with E-state index in [1.54, 1.807) is 18.2 Å². The van der Waals surface area contributed by atoms with Crippen LogP contribution in [0.2, 0.25) is 0 Å². The molecular weight excluding hydrogens is 264 g/mol. The van der Waals surface area contributed by atoms with Gasteiger partial charge in [0.15, 0.2) is 5.69 Å². The Morgan fingerprint density at radius 2 is 2.00 bits per heavy atom. The number of hydrogen-bond donors (Lipinski definition) is 1. The molecule has 1 amide bonds. The molecule has 2 aromatic carbocycles. The van der Waals surface area contributed by atoms with Gasteiger partial charge in [0.25, 0.3) is 0 Å². The van der Waals surface area contributed by atoms with Crippen LogP contribution in [0.4, 0.5) is 5.69 Å². The molecule has 4 heteroatoms. The molecule has 0 aliphatic rings. The van der Waals surface area contributed by atoms with Crippen molar-refractivity contribution in [2.45, 2.75) is 6.42 Å². The first-order valence-electron chi connectivity index (χ1n) is 6.62. The number of rotatable bonds is 5. The number of ether oxygens (including phenoxy) is 1. The highest BCUT2D eigenvalue weighted by atomic mass is 16.5. The molecule has 0 bridgehead atoms. The molecule has 0 aliphatic heterocycles. The Bertz CT molecular complexity index is 660. The third-order valence-electron chi connectivity index (χ3n) is 3.11. The first kappa shape index (κ1) is 14.6. The van der Waals surface area contributed by atoms with Crippen molar-refractivity contribution in [3.05, 3.63) is 71.1 Å². The van der Waals surface area contributed by atoms with E-state index in [1.807, 2.05) is 30.3 Å². The van der Waals surface area contributed by atoms with Gasteiger partial charge < -0.3 is 10.1 Å². The lowest BCUT2D eigenvalue weighted by Gasteiger charge is -2.08. The van der Waals surface area contributed by atoms with Gasteiger partial charge in [-0.3, -0.25) is 4.79 Å². The van der Waals surface area contributed by atoms with E-state index in [9.17, 15) is 4.79 Å². The summed E-state index contributed by atoms with van der Waals surface area (Å²) in [4.78, 5) is 15.5. The highest BCUT2D eigenvalue weighted by Gasteiger charge is 2.12. The van der Waals surface area contributed by atoms with E-state index in [0.29, 0.717) is 23.5 Å². The zero-order valence-corrected chi connectivity index (χ0v) is 11.8. The summed E-state index contributed by atoms with van der Waals surface area (Å²) in [5.74, 6) is 0.312. The summed E-state index contributed by atoms with van der Waals surface area (Å²) in [5.41, 5.74) is 1.83. The van der Waals surface area contributed by atoms with Gasteiger partial charge in [-0.25, -0.2) is 4.85 Å². The van der Waals surface area contributed by atoms with Gasteiger partial charge in [0.05, 0.1) is 13.7 Å². The molecule has 0 radical (unpaired) electrons. The lowest BCUT2D eigenvalue weighted by molar-refractivity contribution is 0.0955. The molecule has 0 fully saturated rings. The first-order chi connectivity index (χ1) is 10.2. The zero-order valence-electron chi connectivity index (χ0n) is 11.8. The lowest BCUT2D eigenvalue weighted by atomic mass is 10.1. The SMILES string of the molecule is [C-]#[N+]c1ccc(OC)cc1C(=O)NCCc1ccccc1. The molecule has 1 N–H and O–H groups in total. The Kier molecular flexibility index (Phi) is 4.94. The van der Waals surface area contributed by atoms with Crippen LogP contribution in [-0.2, 0) is 6.42 Å². The Morgan fingerprint density at radius 1 is 1.24 bits per heavy atom. The van der Waals surface area contributed by atoms with Crippen LogP contribution in [-0.4, -0.2) is 19.6 Å². The smallest absolute Gasteiger partial charge is 0.240 e. The molecule has 0 saturated carbocycles. The van der Waals surface area contributed by atoms with Gasteiger partial charge in [-0.05, 0) is 24.1 Å². The quantitative estimate of drug-likeness (QED) is 0.854. The number of nitrogens with one attached hydrogen (secondary N) is 1. The van der Waals surface area contributed by atoms with Crippen molar-refractivity contribution in [2.75, 3.05) is 13.7 Å². The Labute approximate surface area is 124 Å². The largest absolute Gasteiger partial charge is 0.497 e. The number of carbonyl (C=O) groups excluding carboxylic acids is 1. The minimum absolute atomic E-state index is 0.254. The third-order valence-corrected chi connectivity index (χ3v) is 3.11. The van der Waals surface area contributed by atoms with Gasteiger partial charge in [-0.2, -0.15) is 0 Å². The lowest BCUT2D eigenvalue weighted by Crippen LogP contribution is -2.25. The summed E-state index contributed by atoms with van der Waals surface area (Å²) in [6.45, 7) is 7.65. The second-order valence-corrected chi connectivity index (χ2v) is 4.49. The van der Waals surface area contributed by atoms with Crippen LogP contribution in [0.1, 0.15) is 15.9 Å². The number of amides is 1. The van der Waals surface area contributed by atoms with Crippen molar-refractivity contribution in [3.8, 4) is 5.75 Å². The summed E-state index contributed by atoms with van der Waals surface area (Å²) in [5, 5.41) is 2.84. The maximum atomic E-state index is 12.2. The zero-order chi connectivity index (χ0) is 15.1. The maximum Gasteiger partial charge on any atom is 0.240 e. The van der Waals surface area contributed by atoms with Crippen molar-refractivity contribution < 1.29 is 9.53 Å². The van der Waals surface area contributed by atoms with Gasteiger partial charge >= 0.3 is 0 Å². The van der Waals surface area contributed by atoms with Gasteiger partial charge in [-0.1, -0.05) is 36.4 Å². The normalized spacial score (nSPS) is 9.71. The monoisotopic (exact) mass is 280 g/mol. The molecule has 0 unspecified atom stereocenters. The van der Waals surface area contributed by atoms with Crippen LogP contribution < -0.4 is 10.1 Å². The van der Waals surface area contributed by atoms with E-state index >= 15 is 0 Å². The van der Waals surface area contributed by atoms with Gasteiger partial charge in [0.1, 0.15) is 5.75 Å². The van der Waals surface area contributed by atoms with E-state index in [1.165, 1.54) is 7.11 Å². The van der Waals surface area contributed by atoms with Crippen LogP contribution in [0.25, 0.3) is 4.85 Å². The van der Waals surface area contributed by atoms with Crippen LogP contribution in [0.15, 0.2) is 48.5 Å². The molecule has 2 aromatic rings. The second kappa shape index (κ2) is 7.11. The maximum absolute atomic E-state index is 12.2. The Morgan fingerprint density at radius 3 is 2.67 bits per heavy atom. The molecule has 106 valence electrons. The van der Waals surface area contributed by atoms with Crippen molar-refractivity contribution in [3.63, 3.8) is 0 Å². The van der Waals surface area contributed by atoms with Crippen LogP contribution in [0, 0.1) is 6.57 Å². The standard InChI is InChI=1S/C17H16N2O2/c1-18-16-9-8-14(21-2)12-15(16)17(20)19-11-10-13-6-4-3-5-7-13/h3-9,12H,10-11H2,2H3,(H,19,20). The predicted octanol–water partition coefficient (Wildman–Crippen LogP) is 3.22. The first-order valence-corrected chi connectivity index (χ1v) is 6.62. The Hall–Kier alpha value is -2.80. The predicted molar refractivity (Wildman–Crippen MR) is 81.7 cm³/mol. The second-order valence-electron chi connectivity index (χ2n) is 4.49. The number of carbonyl (C=O) groups is 1. The number of hydrogen-bond acceptors (Lipinski definition) is 2. The average Bonchev–Trinajstić information content (AvgIpc) is 2.55. The summed E-state index contributed by atoms with van der Waals surface area (Å²) < 4.78 is 5.10. The Balaban J connectivity index is 2.02. The van der Waals surface area contributed by atoms with Crippen molar-refractivity contribution in [1.82, 2.24) is 5.32 Å². The molecule has 2 rings (SSSR count). The van der Waals surface area contributed by atoms with E-state index in [2.05, 4.69) is 10.2 Å². The molecule has 21 heavy (non-hydrogen) atoms. The minimum atomic E-state index is -0.254. The molecule has 0 aliphatic carbocycles. The van der Waals surface area contributed by atoms with Crippen LogP contribution in [0.5, 0.6) is 5.75 Å². The molecule has 0 saturated heterocycles. The molecule has 0 atom stereocenters. The molecular formula is C17H16N2O2. The van der Waals surface area contributed by atoms with E-state index < -0.39 is 0 Å². The fourth-order valence-corrected chi connectivity index (χ4v) is 1.98. The van der Waals surface area contributed by atoms with E-state index in [-0.39, 0.29) is 5.91 Å². The van der Waals surface area contributed by atoms with Gasteiger partial charge in [0.2, 0.25) is 5.91 Å². The summed E-state index contributed by atoms with van der Waals surface area (Å²) in [6.07, 6.45) is 0.754. The number of benzene rings is 2. The van der Waals surface area contributed by atoms with Crippen molar-refractivity contribution in [1.29, 1.82) is 0 Å². The third kappa shape index (κ3) is 3.83. The molecule has 0 spiro atoms. The van der Waals surface area contributed by atoms with Crippen molar-refractivity contribution in [2.24, 2.45) is 0 Å². The van der Waals surface area contributed by atoms with E-state index in [0.717, 1.165) is 12.0 Å². The van der Waals surface area contributed by atoms with Crippen molar-refractivity contribution >= 4 is 11.6 Å². The fraction of sp³-hybridized carbons (Fsp3) is 0.176. The van der Waals surface area contributed by atoms with E-state index in [4.69, 9.17) is 11.3 Å². The average molecular weight is 280 g/mol. The summed E-state index contributed by atoms with van der Waals surface area (Å²) in [6, 6.07) is 14.8. The van der Waals surface area contributed by atoms with Gasteiger partial charge in [0, 0.05) is 12.1 Å². The fourth-order valence-electron chi connectivity index (χ4n) is 1.98. The van der Waals surface area contributed by atoms with Gasteiger partial charge in [-0.15, -0.1) is 0 Å². The minimum Gasteiger partial charge on any atom is -0.497 e. The van der Waals surface area contributed by atoms with Crippen LogP contribution in [0.3, 0.4) is 0 Å².